The van der Waals surface area contributed by atoms with Crippen molar-refractivity contribution >= 4 is 11.3 Å². The van der Waals surface area contributed by atoms with E-state index in [1.807, 2.05) is 12.5 Å². The first-order valence-corrected chi connectivity index (χ1v) is 10.8. The highest BCUT2D eigenvalue weighted by Gasteiger charge is 2.26. The predicted octanol–water partition coefficient (Wildman–Crippen LogP) is 6.75. The summed E-state index contributed by atoms with van der Waals surface area (Å²) >= 11 is 0. The fourth-order valence-electron chi connectivity index (χ4n) is 4.50. The van der Waals surface area contributed by atoms with Gasteiger partial charge in [-0.15, -0.1) is 0 Å². The summed E-state index contributed by atoms with van der Waals surface area (Å²) in [4.78, 5) is 4.62. The van der Waals surface area contributed by atoms with E-state index in [9.17, 15) is 0 Å². The van der Waals surface area contributed by atoms with Crippen LogP contribution < -0.4 is 4.57 Å². The van der Waals surface area contributed by atoms with Gasteiger partial charge in [-0.05, 0) is 40.2 Å². The summed E-state index contributed by atoms with van der Waals surface area (Å²) in [6.45, 7) is 8.92. The Morgan fingerprint density at radius 1 is 0.645 bits per heavy atom. The smallest absolute Gasteiger partial charge is 0.202 e. The van der Waals surface area contributed by atoms with Gasteiger partial charge in [0.25, 0.3) is 6.33 Å². The molecule has 0 saturated heterocycles. The summed E-state index contributed by atoms with van der Waals surface area (Å²) < 4.78 is 2.21. The van der Waals surface area contributed by atoms with E-state index in [1.165, 1.54) is 50.2 Å². The first kappa shape index (κ1) is 19.4. The lowest BCUT2D eigenvalue weighted by atomic mass is 9.83. The molecule has 0 spiro atoms. The van der Waals surface area contributed by atoms with Crippen LogP contribution in [0.5, 0.6) is 0 Å². The molecule has 0 atom stereocenters. The van der Waals surface area contributed by atoms with Crippen molar-refractivity contribution in [3.8, 4) is 22.3 Å². The van der Waals surface area contributed by atoms with Crippen molar-refractivity contribution in [1.82, 2.24) is 4.98 Å². The van der Waals surface area contributed by atoms with Crippen LogP contribution in [-0.4, -0.2) is 4.98 Å². The minimum Gasteiger partial charge on any atom is -0.202 e. The SMILES string of the molecule is C/C1=C(\[n+]2cncc(C(C)(C)C)c2)c2ccccc2-c2ccccc2-c2ccccc21. The molecule has 1 aliphatic rings. The molecule has 152 valence electrons. The van der Waals surface area contributed by atoms with Crippen molar-refractivity contribution < 1.29 is 4.57 Å². The normalized spacial score (nSPS) is 15.4. The van der Waals surface area contributed by atoms with Crippen molar-refractivity contribution in [2.45, 2.75) is 33.1 Å². The molecule has 0 unspecified atom stereocenters. The van der Waals surface area contributed by atoms with Gasteiger partial charge in [-0.25, -0.2) is 4.57 Å². The molecule has 4 aromatic rings. The van der Waals surface area contributed by atoms with E-state index in [2.05, 4.69) is 116 Å². The average molecular weight is 404 g/mol. The Morgan fingerprint density at radius 2 is 1.10 bits per heavy atom. The summed E-state index contributed by atoms with van der Waals surface area (Å²) in [5.74, 6) is 0. The van der Waals surface area contributed by atoms with Crippen LogP contribution in [0.1, 0.15) is 44.4 Å². The number of hydrogen-bond donors (Lipinski definition) is 0. The zero-order chi connectivity index (χ0) is 21.6. The molecule has 1 aliphatic carbocycles. The van der Waals surface area contributed by atoms with Gasteiger partial charge in [-0.3, -0.25) is 0 Å². The minimum atomic E-state index is 0.0239. The second-order valence-electron chi connectivity index (χ2n) is 9.25. The highest BCUT2D eigenvalue weighted by atomic mass is 15.0. The second-order valence-corrected chi connectivity index (χ2v) is 9.25. The largest absolute Gasteiger partial charge is 0.291 e. The van der Waals surface area contributed by atoms with E-state index in [1.54, 1.807) is 0 Å². The van der Waals surface area contributed by atoms with Gasteiger partial charge >= 0.3 is 0 Å². The molecule has 3 aromatic carbocycles. The predicted molar refractivity (Wildman–Crippen MR) is 128 cm³/mol. The Morgan fingerprint density at radius 3 is 1.65 bits per heavy atom. The third-order valence-electron chi connectivity index (χ3n) is 6.18. The molecule has 0 radical (unpaired) electrons. The molecule has 2 heteroatoms. The third kappa shape index (κ3) is 3.29. The average Bonchev–Trinajstić information content (AvgIpc) is 2.78. The van der Waals surface area contributed by atoms with E-state index in [0.717, 1.165) is 0 Å². The summed E-state index contributed by atoms with van der Waals surface area (Å²) in [7, 11) is 0. The molecule has 5 rings (SSSR count). The van der Waals surface area contributed by atoms with Crippen LogP contribution in [-0.2, 0) is 5.41 Å². The molecule has 0 fully saturated rings. The molecule has 0 amide bonds. The number of fused-ring (bicyclic) bond motifs is 5. The summed E-state index contributed by atoms with van der Waals surface area (Å²) in [5.41, 5.74) is 11.2. The Labute approximate surface area is 184 Å². The quantitative estimate of drug-likeness (QED) is 0.321. The van der Waals surface area contributed by atoms with Gasteiger partial charge in [0.05, 0.1) is 0 Å². The van der Waals surface area contributed by atoms with Gasteiger partial charge in [0, 0.05) is 16.7 Å². The van der Waals surface area contributed by atoms with E-state index in [-0.39, 0.29) is 5.41 Å². The number of benzene rings is 3. The lowest BCUT2D eigenvalue weighted by Gasteiger charge is -2.23. The Balaban J connectivity index is 1.91. The molecule has 0 N–H and O–H groups in total. The van der Waals surface area contributed by atoms with E-state index in [0.29, 0.717) is 0 Å². The summed E-state index contributed by atoms with van der Waals surface area (Å²) in [6, 6.07) is 26.2. The fourth-order valence-corrected chi connectivity index (χ4v) is 4.50. The van der Waals surface area contributed by atoms with Gasteiger partial charge in [-0.2, -0.15) is 0 Å². The zero-order valence-corrected chi connectivity index (χ0v) is 18.6. The highest BCUT2D eigenvalue weighted by Crippen LogP contribution is 2.43. The maximum absolute atomic E-state index is 4.62. The van der Waals surface area contributed by atoms with Crippen molar-refractivity contribution in [2.24, 2.45) is 0 Å². The van der Waals surface area contributed by atoms with Gasteiger partial charge in [0.15, 0.2) is 0 Å². The van der Waals surface area contributed by atoms with E-state index in [4.69, 9.17) is 0 Å². The first-order chi connectivity index (χ1) is 14.9. The number of allylic oxidation sites excluding steroid dienone is 1. The van der Waals surface area contributed by atoms with Crippen molar-refractivity contribution in [3.05, 3.63) is 108 Å². The van der Waals surface area contributed by atoms with Crippen LogP contribution >= 0.6 is 0 Å². The highest BCUT2D eigenvalue weighted by molar-refractivity contribution is 6.01. The molecule has 1 aromatic heterocycles. The fraction of sp³-hybridized carbons (Fsp3) is 0.172. The topological polar surface area (TPSA) is 16.8 Å². The van der Waals surface area contributed by atoms with Crippen LogP contribution in [0.3, 0.4) is 0 Å². The Hall–Kier alpha value is -3.52. The van der Waals surface area contributed by atoms with Gasteiger partial charge < -0.3 is 0 Å². The lowest BCUT2D eigenvalue weighted by Crippen LogP contribution is -2.36. The maximum Gasteiger partial charge on any atom is 0.291 e. The summed E-state index contributed by atoms with van der Waals surface area (Å²) in [6.07, 6.45) is 6.14. The molecule has 1 heterocycles. The molecule has 31 heavy (non-hydrogen) atoms. The zero-order valence-electron chi connectivity index (χ0n) is 18.6. The molecular weight excluding hydrogens is 376 g/mol. The van der Waals surface area contributed by atoms with Gasteiger partial charge in [-0.1, -0.05) is 98.6 Å². The van der Waals surface area contributed by atoms with Crippen LogP contribution in [0.25, 0.3) is 33.5 Å². The van der Waals surface area contributed by atoms with Crippen molar-refractivity contribution in [2.75, 3.05) is 0 Å². The van der Waals surface area contributed by atoms with Gasteiger partial charge in [0.2, 0.25) is 0 Å². The second kappa shape index (κ2) is 7.31. The molecule has 0 bridgehead atoms. The molecule has 0 aliphatic heterocycles. The van der Waals surface area contributed by atoms with Crippen LogP contribution in [0.2, 0.25) is 0 Å². The molecular formula is C29H27N2+. The monoisotopic (exact) mass is 403 g/mol. The van der Waals surface area contributed by atoms with Gasteiger partial charge in [0.1, 0.15) is 18.1 Å². The maximum atomic E-state index is 4.62. The van der Waals surface area contributed by atoms with E-state index < -0.39 is 0 Å². The van der Waals surface area contributed by atoms with Crippen molar-refractivity contribution in [1.29, 1.82) is 0 Å². The third-order valence-corrected chi connectivity index (χ3v) is 6.18. The van der Waals surface area contributed by atoms with E-state index >= 15 is 0 Å². The number of nitrogens with zero attached hydrogens (tertiary/aromatic N) is 2. The standard InChI is InChI=1S/C29H27N2/c1-20-22-11-5-6-12-23(22)24-13-7-8-14-25(24)26-15-9-10-16-27(26)28(20)31-18-21(17-30-19-31)29(2,3)4/h5-19H,1-4H3/q+1/b22-20?,24-23?,26-25?,28-20+,28-27?. The Kier molecular flexibility index (Phi) is 4.59. The first-order valence-electron chi connectivity index (χ1n) is 10.8. The molecule has 0 saturated carbocycles. The number of rotatable bonds is 1. The summed E-state index contributed by atoms with van der Waals surface area (Å²) in [5, 5.41) is 0. The van der Waals surface area contributed by atoms with Crippen molar-refractivity contribution in [3.63, 3.8) is 0 Å². The lowest BCUT2D eigenvalue weighted by molar-refractivity contribution is -0.582. The Bertz CT molecular complexity index is 1320. The van der Waals surface area contributed by atoms with Crippen LogP contribution in [0, 0.1) is 0 Å². The minimum absolute atomic E-state index is 0.0239. The van der Waals surface area contributed by atoms with Crippen LogP contribution in [0.15, 0.2) is 91.5 Å². The number of aromatic nitrogens is 2. The molecule has 2 nitrogen and oxygen atoms in total. The van der Waals surface area contributed by atoms with Crippen LogP contribution in [0.4, 0.5) is 0 Å². The number of hydrogen-bond acceptors (Lipinski definition) is 1.